The summed E-state index contributed by atoms with van der Waals surface area (Å²) in [4.78, 5) is 25.9. The van der Waals surface area contributed by atoms with Crippen LogP contribution in [0.25, 0.3) is 0 Å². The Hall–Kier alpha value is -2.28. The number of nitrogens with zero attached hydrogens (tertiary/aromatic N) is 5. The van der Waals surface area contributed by atoms with Crippen LogP contribution in [0.4, 0.5) is 0 Å². The van der Waals surface area contributed by atoms with Gasteiger partial charge in [0.15, 0.2) is 5.82 Å². The Kier molecular flexibility index (Phi) is 4.95. The molecule has 7 heteroatoms. The summed E-state index contributed by atoms with van der Waals surface area (Å²) < 4.78 is 5.42. The number of amides is 1. The standard InChI is InChI=1S/C21H29N5O2/c1-14(2)19-23-18(24-28-19)17-10-21(13-25(17)4)5-7-26(8-6-21)20(27)16-9-15(3)11-22-12-16/h9,11-12,14,17H,5-8,10,13H2,1-4H3. The Balaban J connectivity index is 1.42. The van der Waals surface area contributed by atoms with Crippen LogP contribution in [0.1, 0.15) is 72.7 Å². The number of aryl methyl sites for hydroxylation is 1. The summed E-state index contributed by atoms with van der Waals surface area (Å²) in [6, 6.07) is 2.11. The largest absolute Gasteiger partial charge is 0.339 e. The summed E-state index contributed by atoms with van der Waals surface area (Å²) in [5.74, 6) is 1.84. The van der Waals surface area contributed by atoms with Gasteiger partial charge in [-0.25, -0.2) is 0 Å². The molecule has 2 aliphatic heterocycles. The van der Waals surface area contributed by atoms with Gasteiger partial charge in [0.25, 0.3) is 5.91 Å². The fourth-order valence-corrected chi connectivity index (χ4v) is 4.58. The molecular weight excluding hydrogens is 354 g/mol. The lowest BCUT2D eigenvalue weighted by atomic mass is 9.76. The second-order valence-electron chi connectivity index (χ2n) is 8.82. The number of pyridine rings is 1. The Bertz CT molecular complexity index is 854. The quantitative estimate of drug-likeness (QED) is 0.810. The number of aromatic nitrogens is 3. The lowest BCUT2D eigenvalue weighted by Gasteiger charge is -2.39. The second kappa shape index (κ2) is 7.28. The van der Waals surface area contributed by atoms with Gasteiger partial charge in [-0.05, 0) is 50.3 Å². The predicted octanol–water partition coefficient (Wildman–Crippen LogP) is 3.20. The minimum Gasteiger partial charge on any atom is -0.339 e. The number of likely N-dealkylation sites (tertiary alicyclic amines) is 2. The highest BCUT2D eigenvalue weighted by atomic mass is 16.5. The minimum atomic E-state index is 0.0914. The van der Waals surface area contributed by atoms with Crippen LogP contribution in [0.3, 0.4) is 0 Å². The summed E-state index contributed by atoms with van der Waals surface area (Å²) in [5, 5.41) is 4.24. The van der Waals surface area contributed by atoms with E-state index in [9.17, 15) is 4.79 Å². The highest BCUT2D eigenvalue weighted by Gasteiger charge is 2.46. The van der Waals surface area contributed by atoms with Crippen LogP contribution in [0, 0.1) is 12.3 Å². The molecule has 0 saturated carbocycles. The van der Waals surface area contributed by atoms with Crippen molar-refractivity contribution in [3.8, 4) is 0 Å². The number of carbonyl (C=O) groups excluding carboxylic acids is 1. The Morgan fingerprint density at radius 3 is 2.68 bits per heavy atom. The molecule has 2 aromatic rings. The van der Waals surface area contributed by atoms with Crippen LogP contribution in [-0.2, 0) is 0 Å². The summed E-state index contributed by atoms with van der Waals surface area (Å²) in [6.07, 6.45) is 6.48. The molecule has 1 amide bonds. The van der Waals surface area contributed by atoms with Crippen LogP contribution < -0.4 is 0 Å². The molecule has 7 nitrogen and oxygen atoms in total. The molecule has 0 bridgehead atoms. The van der Waals surface area contributed by atoms with E-state index in [0.717, 1.165) is 50.3 Å². The molecule has 2 aromatic heterocycles. The molecule has 2 saturated heterocycles. The van der Waals surface area contributed by atoms with Crippen molar-refractivity contribution >= 4 is 5.91 Å². The first-order valence-corrected chi connectivity index (χ1v) is 10.1. The van der Waals surface area contributed by atoms with Crippen LogP contribution in [0.15, 0.2) is 23.0 Å². The molecule has 0 aliphatic carbocycles. The number of rotatable bonds is 3. The van der Waals surface area contributed by atoms with Gasteiger partial charge in [0.05, 0.1) is 11.6 Å². The first kappa shape index (κ1) is 19.1. The monoisotopic (exact) mass is 383 g/mol. The van der Waals surface area contributed by atoms with E-state index in [1.807, 2.05) is 17.9 Å². The van der Waals surface area contributed by atoms with E-state index < -0.39 is 0 Å². The minimum absolute atomic E-state index is 0.0914. The lowest BCUT2D eigenvalue weighted by molar-refractivity contribution is 0.0593. The van der Waals surface area contributed by atoms with E-state index in [2.05, 4.69) is 40.9 Å². The molecule has 0 aromatic carbocycles. The van der Waals surface area contributed by atoms with E-state index >= 15 is 0 Å². The normalized spacial score (nSPS) is 22.3. The van der Waals surface area contributed by atoms with Gasteiger partial charge in [0.1, 0.15) is 0 Å². The molecule has 1 atom stereocenters. The predicted molar refractivity (Wildman–Crippen MR) is 105 cm³/mol. The zero-order valence-electron chi connectivity index (χ0n) is 17.2. The number of piperidine rings is 1. The van der Waals surface area contributed by atoms with Gasteiger partial charge in [0, 0.05) is 37.9 Å². The van der Waals surface area contributed by atoms with Gasteiger partial charge >= 0.3 is 0 Å². The average Bonchev–Trinajstić information content (AvgIpc) is 3.27. The van der Waals surface area contributed by atoms with Crippen molar-refractivity contribution in [2.75, 3.05) is 26.7 Å². The van der Waals surface area contributed by atoms with Crippen molar-refractivity contribution in [2.24, 2.45) is 5.41 Å². The van der Waals surface area contributed by atoms with Crippen molar-refractivity contribution in [1.82, 2.24) is 24.9 Å². The smallest absolute Gasteiger partial charge is 0.255 e. The summed E-state index contributed by atoms with van der Waals surface area (Å²) in [5.41, 5.74) is 1.92. The third-order valence-corrected chi connectivity index (χ3v) is 6.23. The molecule has 4 heterocycles. The highest BCUT2D eigenvalue weighted by Crippen LogP contribution is 2.47. The first-order valence-electron chi connectivity index (χ1n) is 10.1. The Labute approximate surface area is 166 Å². The molecule has 1 unspecified atom stereocenters. The van der Waals surface area contributed by atoms with E-state index in [4.69, 9.17) is 4.52 Å². The Morgan fingerprint density at radius 1 is 1.29 bits per heavy atom. The maximum Gasteiger partial charge on any atom is 0.255 e. The van der Waals surface area contributed by atoms with Gasteiger partial charge in [-0.15, -0.1) is 0 Å². The molecular formula is C21H29N5O2. The second-order valence-corrected chi connectivity index (χ2v) is 8.82. The maximum absolute atomic E-state index is 12.8. The van der Waals surface area contributed by atoms with Gasteiger partial charge in [-0.1, -0.05) is 19.0 Å². The van der Waals surface area contributed by atoms with Crippen molar-refractivity contribution in [2.45, 2.75) is 52.0 Å². The van der Waals surface area contributed by atoms with Crippen LogP contribution >= 0.6 is 0 Å². The fourth-order valence-electron chi connectivity index (χ4n) is 4.58. The summed E-state index contributed by atoms with van der Waals surface area (Å²) in [6.45, 7) is 8.68. The Morgan fingerprint density at radius 2 is 2.04 bits per heavy atom. The van der Waals surface area contributed by atoms with Crippen LogP contribution in [0.2, 0.25) is 0 Å². The number of hydrogen-bond acceptors (Lipinski definition) is 6. The molecule has 0 radical (unpaired) electrons. The van der Waals surface area contributed by atoms with Crippen LogP contribution in [0.5, 0.6) is 0 Å². The fraction of sp³-hybridized carbons (Fsp3) is 0.619. The van der Waals surface area contributed by atoms with Gasteiger partial charge < -0.3 is 9.42 Å². The van der Waals surface area contributed by atoms with Crippen LogP contribution in [-0.4, -0.2) is 57.5 Å². The molecule has 0 N–H and O–H groups in total. The van der Waals surface area contributed by atoms with Gasteiger partial charge in [-0.3, -0.25) is 14.7 Å². The molecule has 1 spiro atoms. The highest BCUT2D eigenvalue weighted by molar-refractivity contribution is 5.94. The van der Waals surface area contributed by atoms with Gasteiger partial charge in [0.2, 0.25) is 5.89 Å². The summed E-state index contributed by atoms with van der Waals surface area (Å²) >= 11 is 0. The molecule has 28 heavy (non-hydrogen) atoms. The van der Waals surface area contributed by atoms with E-state index in [-0.39, 0.29) is 23.3 Å². The average molecular weight is 383 g/mol. The van der Waals surface area contributed by atoms with E-state index in [1.165, 1.54) is 0 Å². The van der Waals surface area contributed by atoms with Gasteiger partial charge in [-0.2, -0.15) is 4.98 Å². The zero-order valence-corrected chi connectivity index (χ0v) is 17.2. The van der Waals surface area contributed by atoms with Crippen molar-refractivity contribution in [3.05, 3.63) is 41.3 Å². The topological polar surface area (TPSA) is 75.4 Å². The SMILES string of the molecule is Cc1cncc(C(=O)N2CCC3(CC2)CC(c2noc(C(C)C)n2)N(C)C3)c1. The third-order valence-electron chi connectivity index (χ3n) is 6.23. The number of carbonyl (C=O) groups is 1. The summed E-state index contributed by atoms with van der Waals surface area (Å²) in [7, 11) is 2.14. The lowest BCUT2D eigenvalue weighted by Crippen LogP contribution is -2.44. The third kappa shape index (κ3) is 3.55. The van der Waals surface area contributed by atoms with Crippen molar-refractivity contribution < 1.29 is 9.32 Å². The zero-order chi connectivity index (χ0) is 19.9. The number of hydrogen-bond donors (Lipinski definition) is 0. The first-order chi connectivity index (χ1) is 13.4. The molecule has 4 rings (SSSR count). The van der Waals surface area contributed by atoms with E-state index in [0.29, 0.717) is 11.5 Å². The van der Waals surface area contributed by atoms with Crippen molar-refractivity contribution in [3.63, 3.8) is 0 Å². The van der Waals surface area contributed by atoms with Crippen molar-refractivity contribution in [1.29, 1.82) is 0 Å². The maximum atomic E-state index is 12.8. The molecule has 150 valence electrons. The molecule has 2 fully saturated rings. The molecule has 2 aliphatic rings. The van der Waals surface area contributed by atoms with E-state index in [1.54, 1.807) is 12.4 Å².